The Morgan fingerprint density at radius 1 is 1.33 bits per heavy atom. The first-order valence-corrected chi connectivity index (χ1v) is 7.33. The Bertz CT molecular complexity index is 361. The number of carbonyl (C=O) groups excluding carboxylic acids is 1. The molecule has 0 aliphatic carbocycles. The first kappa shape index (κ1) is 16.6. The second-order valence-corrected chi connectivity index (χ2v) is 5.93. The van der Waals surface area contributed by atoms with Crippen molar-refractivity contribution in [2.75, 3.05) is 19.8 Å². The minimum Gasteiger partial charge on any atom is -0.463 e. The zero-order chi connectivity index (χ0) is 15.5. The number of esters is 1. The van der Waals surface area contributed by atoms with Crippen molar-refractivity contribution < 1.29 is 28.5 Å². The molecule has 2 fully saturated rings. The third-order valence-corrected chi connectivity index (χ3v) is 3.53. The lowest BCUT2D eigenvalue weighted by molar-refractivity contribution is -0.222. The highest BCUT2D eigenvalue weighted by Crippen LogP contribution is 2.24. The Hall–Kier alpha value is -0.730. The summed E-state index contributed by atoms with van der Waals surface area (Å²) in [5, 5.41) is 0. The Morgan fingerprint density at radius 2 is 2.10 bits per heavy atom. The summed E-state index contributed by atoms with van der Waals surface area (Å²) in [6.45, 7) is 6.18. The summed E-state index contributed by atoms with van der Waals surface area (Å²) >= 11 is 0. The topological polar surface area (TPSA) is 89.2 Å². The average molecular weight is 303 g/mol. The number of carbonyl (C=O) groups is 1. The first-order valence-electron chi connectivity index (χ1n) is 7.33. The fraction of sp³-hybridized carbons (Fsp3) is 0.929. The largest absolute Gasteiger partial charge is 0.463 e. The van der Waals surface area contributed by atoms with E-state index in [1.165, 1.54) is 6.92 Å². The number of ether oxygens (including phenoxy) is 5. The lowest BCUT2D eigenvalue weighted by Crippen LogP contribution is -2.48. The minimum absolute atomic E-state index is 0.0916. The van der Waals surface area contributed by atoms with Crippen LogP contribution in [0.2, 0.25) is 0 Å². The van der Waals surface area contributed by atoms with E-state index in [0.717, 1.165) is 6.42 Å². The highest BCUT2D eigenvalue weighted by atomic mass is 16.8. The predicted molar refractivity (Wildman–Crippen MR) is 73.4 cm³/mol. The first-order chi connectivity index (χ1) is 9.85. The third kappa shape index (κ3) is 5.19. The van der Waals surface area contributed by atoms with Crippen molar-refractivity contribution >= 4 is 5.97 Å². The van der Waals surface area contributed by atoms with Gasteiger partial charge < -0.3 is 29.4 Å². The van der Waals surface area contributed by atoms with E-state index < -0.39 is 5.79 Å². The standard InChI is InChI=1S/C14H25NO6/c1-9(16)17-8-12-11(15)4-5-13(20-12)18-6-10-7-19-14(2,3)21-10/h10-13H,4-8,15H2,1-3H3/t10?,11?,12?,13-/m1/s1. The van der Waals surface area contributed by atoms with Gasteiger partial charge in [-0.25, -0.2) is 0 Å². The molecular formula is C14H25NO6. The van der Waals surface area contributed by atoms with Crippen molar-refractivity contribution in [3.8, 4) is 0 Å². The summed E-state index contributed by atoms with van der Waals surface area (Å²) in [5.41, 5.74) is 5.96. The number of rotatable bonds is 5. The van der Waals surface area contributed by atoms with Crippen molar-refractivity contribution in [1.29, 1.82) is 0 Å². The number of nitrogens with two attached hydrogens (primary N) is 1. The van der Waals surface area contributed by atoms with E-state index in [9.17, 15) is 4.79 Å². The zero-order valence-electron chi connectivity index (χ0n) is 12.9. The van der Waals surface area contributed by atoms with Crippen LogP contribution in [-0.4, -0.2) is 56.1 Å². The van der Waals surface area contributed by atoms with Gasteiger partial charge in [0.1, 0.15) is 18.8 Å². The summed E-state index contributed by atoms with van der Waals surface area (Å²) in [7, 11) is 0. The molecule has 2 rings (SSSR count). The molecule has 2 saturated heterocycles. The minimum atomic E-state index is -0.554. The van der Waals surface area contributed by atoms with E-state index in [1.807, 2.05) is 13.8 Å². The summed E-state index contributed by atoms with van der Waals surface area (Å²) < 4.78 is 27.6. The van der Waals surface area contributed by atoms with Gasteiger partial charge in [0.15, 0.2) is 12.1 Å². The molecule has 0 saturated carbocycles. The SMILES string of the molecule is CC(=O)OCC1O[C@@H](OCC2COC(C)(C)O2)CCC1N. The molecule has 2 heterocycles. The fourth-order valence-corrected chi connectivity index (χ4v) is 2.42. The molecule has 0 amide bonds. The van der Waals surface area contributed by atoms with Crippen LogP contribution in [0.25, 0.3) is 0 Å². The molecule has 2 aliphatic rings. The molecule has 7 nitrogen and oxygen atoms in total. The van der Waals surface area contributed by atoms with Gasteiger partial charge in [-0.15, -0.1) is 0 Å². The van der Waals surface area contributed by atoms with Crippen LogP contribution in [0.3, 0.4) is 0 Å². The lowest BCUT2D eigenvalue weighted by Gasteiger charge is -2.34. The molecular weight excluding hydrogens is 278 g/mol. The average Bonchev–Trinajstić information content (AvgIpc) is 2.76. The van der Waals surface area contributed by atoms with Crippen LogP contribution in [0.5, 0.6) is 0 Å². The van der Waals surface area contributed by atoms with Crippen molar-refractivity contribution in [3.05, 3.63) is 0 Å². The van der Waals surface area contributed by atoms with Gasteiger partial charge in [0.2, 0.25) is 0 Å². The van der Waals surface area contributed by atoms with Crippen molar-refractivity contribution in [2.24, 2.45) is 5.73 Å². The van der Waals surface area contributed by atoms with Crippen LogP contribution in [0.15, 0.2) is 0 Å². The summed E-state index contributed by atoms with van der Waals surface area (Å²) in [5.74, 6) is -0.894. The Labute approximate surface area is 125 Å². The monoisotopic (exact) mass is 303 g/mol. The van der Waals surface area contributed by atoms with Gasteiger partial charge in [-0.05, 0) is 26.7 Å². The van der Waals surface area contributed by atoms with Gasteiger partial charge in [0, 0.05) is 13.0 Å². The smallest absolute Gasteiger partial charge is 0.302 e. The Morgan fingerprint density at radius 3 is 2.71 bits per heavy atom. The Kier molecular flexibility index (Phi) is 5.56. The molecule has 0 bridgehead atoms. The maximum atomic E-state index is 10.9. The number of hydrogen-bond acceptors (Lipinski definition) is 7. The second-order valence-electron chi connectivity index (χ2n) is 5.93. The van der Waals surface area contributed by atoms with Crippen LogP contribution in [0.4, 0.5) is 0 Å². The van der Waals surface area contributed by atoms with Crippen molar-refractivity contribution in [1.82, 2.24) is 0 Å². The molecule has 0 radical (unpaired) electrons. The van der Waals surface area contributed by atoms with Gasteiger partial charge >= 0.3 is 5.97 Å². The highest BCUT2D eigenvalue weighted by molar-refractivity contribution is 5.65. The molecule has 0 aromatic rings. The molecule has 21 heavy (non-hydrogen) atoms. The lowest BCUT2D eigenvalue weighted by atomic mass is 10.0. The van der Waals surface area contributed by atoms with Crippen LogP contribution >= 0.6 is 0 Å². The van der Waals surface area contributed by atoms with E-state index in [2.05, 4.69) is 0 Å². The molecule has 2 aliphatic heterocycles. The molecule has 0 aromatic heterocycles. The molecule has 3 unspecified atom stereocenters. The van der Waals surface area contributed by atoms with Crippen LogP contribution in [0.1, 0.15) is 33.6 Å². The highest BCUT2D eigenvalue weighted by Gasteiger charge is 2.35. The molecule has 2 N–H and O–H groups in total. The van der Waals surface area contributed by atoms with Crippen molar-refractivity contribution in [3.63, 3.8) is 0 Å². The summed E-state index contributed by atoms with van der Waals surface area (Å²) in [6, 6.07) is -0.144. The van der Waals surface area contributed by atoms with Gasteiger partial charge in [0.25, 0.3) is 0 Å². The van der Waals surface area contributed by atoms with Crippen LogP contribution in [-0.2, 0) is 28.5 Å². The van der Waals surface area contributed by atoms with E-state index in [1.54, 1.807) is 0 Å². The van der Waals surface area contributed by atoms with E-state index in [4.69, 9.17) is 29.4 Å². The maximum Gasteiger partial charge on any atom is 0.302 e. The second kappa shape index (κ2) is 7.02. The molecule has 4 atom stereocenters. The summed E-state index contributed by atoms with van der Waals surface area (Å²) in [4.78, 5) is 10.9. The van der Waals surface area contributed by atoms with Gasteiger partial charge in [0.05, 0.1) is 13.2 Å². The Balaban J connectivity index is 1.72. The molecule has 7 heteroatoms. The quantitative estimate of drug-likeness (QED) is 0.742. The summed E-state index contributed by atoms with van der Waals surface area (Å²) in [6.07, 6.45) is 0.715. The van der Waals surface area contributed by atoms with E-state index in [0.29, 0.717) is 19.6 Å². The molecule has 0 aromatic carbocycles. The van der Waals surface area contributed by atoms with Gasteiger partial charge in [-0.2, -0.15) is 0 Å². The van der Waals surface area contributed by atoms with Crippen LogP contribution < -0.4 is 5.73 Å². The zero-order valence-corrected chi connectivity index (χ0v) is 12.9. The fourth-order valence-electron chi connectivity index (χ4n) is 2.42. The maximum absolute atomic E-state index is 10.9. The van der Waals surface area contributed by atoms with E-state index in [-0.39, 0.29) is 37.1 Å². The normalized spacial score (nSPS) is 35.6. The molecule has 0 spiro atoms. The number of hydrogen-bond donors (Lipinski definition) is 1. The van der Waals surface area contributed by atoms with Crippen LogP contribution in [0, 0.1) is 0 Å². The molecule has 122 valence electrons. The van der Waals surface area contributed by atoms with Gasteiger partial charge in [-0.3, -0.25) is 4.79 Å². The van der Waals surface area contributed by atoms with Crippen molar-refractivity contribution in [2.45, 2.75) is 63.9 Å². The predicted octanol–water partition coefficient (Wildman–Crippen LogP) is 0.550. The third-order valence-electron chi connectivity index (χ3n) is 3.53. The van der Waals surface area contributed by atoms with E-state index >= 15 is 0 Å². The van der Waals surface area contributed by atoms with Gasteiger partial charge in [-0.1, -0.05) is 0 Å².